The summed E-state index contributed by atoms with van der Waals surface area (Å²) in [6, 6.07) is 11.5. The number of anilines is 2. The maximum absolute atomic E-state index is 12.4. The fraction of sp³-hybridized carbons (Fsp3) is 0.250. The van der Waals surface area contributed by atoms with Gasteiger partial charge in [0.2, 0.25) is 11.7 Å². The summed E-state index contributed by atoms with van der Waals surface area (Å²) in [6.45, 7) is 6.08. The number of aromatic nitrogens is 2. The third-order valence-corrected chi connectivity index (χ3v) is 4.38. The molecule has 1 heterocycles. The molecular weight excluding hydrogens is 364 g/mol. The molecule has 1 aromatic heterocycles. The van der Waals surface area contributed by atoms with Gasteiger partial charge in [0.1, 0.15) is 6.54 Å². The van der Waals surface area contributed by atoms with Gasteiger partial charge in [0, 0.05) is 23.3 Å². The van der Waals surface area contributed by atoms with Crippen molar-refractivity contribution in [2.24, 2.45) is 0 Å². The van der Waals surface area contributed by atoms with Crippen LogP contribution in [0.5, 0.6) is 0 Å². The molecule has 0 radical (unpaired) electrons. The van der Waals surface area contributed by atoms with Gasteiger partial charge < -0.3 is 14.7 Å². The summed E-state index contributed by atoms with van der Waals surface area (Å²) < 4.78 is 5.28. The smallest absolute Gasteiger partial charge is 0.324 e. The van der Waals surface area contributed by atoms with Crippen LogP contribution in [-0.4, -0.2) is 29.6 Å². The molecule has 0 fully saturated rings. The largest absolute Gasteiger partial charge is 0.324 e. The van der Waals surface area contributed by atoms with E-state index in [0.29, 0.717) is 10.8 Å². The molecule has 3 aromatic rings. The van der Waals surface area contributed by atoms with Gasteiger partial charge in [-0.05, 0) is 44.0 Å². The van der Waals surface area contributed by atoms with Gasteiger partial charge in [-0.1, -0.05) is 46.6 Å². The number of hydrogen-bond acceptors (Lipinski definition) is 5. The lowest BCUT2D eigenvalue weighted by atomic mass is 10.1. The second-order valence-corrected chi connectivity index (χ2v) is 7.03. The topological polar surface area (TPSA) is 71.3 Å². The first-order chi connectivity index (χ1) is 12.8. The van der Waals surface area contributed by atoms with Crippen LogP contribution in [0.1, 0.15) is 16.7 Å². The zero-order valence-electron chi connectivity index (χ0n) is 15.7. The number of carbonyl (C=O) groups excluding carboxylic acids is 1. The Labute approximate surface area is 163 Å². The van der Waals surface area contributed by atoms with Crippen molar-refractivity contribution in [1.82, 2.24) is 10.1 Å². The Morgan fingerprint density at radius 3 is 2.56 bits per heavy atom. The highest BCUT2D eigenvalue weighted by atomic mass is 35.5. The molecule has 6 nitrogen and oxygen atoms in total. The predicted molar refractivity (Wildman–Crippen MR) is 107 cm³/mol. The highest BCUT2D eigenvalue weighted by molar-refractivity contribution is 6.30. The van der Waals surface area contributed by atoms with Gasteiger partial charge in [-0.25, -0.2) is 0 Å². The normalized spacial score (nSPS) is 10.7. The fourth-order valence-electron chi connectivity index (χ4n) is 2.95. The molecular formula is C20H21ClN4O2. The highest BCUT2D eigenvalue weighted by Crippen LogP contribution is 2.23. The lowest BCUT2D eigenvalue weighted by Gasteiger charge is -2.16. The number of carbonyl (C=O) groups is 1. The third-order valence-electron chi connectivity index (χ3n) is 4.15. The molecule has 0 bridgehead atoms. The van der Waals surface area contributed by atoms with Crippen molar-refractivity contribution >= 4 is 29.2 Å². The Morgan fingerprint density at radius 2 is 1.89 bits per heavy atom. The number of rotatable bonds is 5. The van der Waals surface area contributed by atoms with Crippen LogP contribution < -0.4 is 10.2 Å². The maximum Gasteiger partial charge on any atom is 0.324 e. The van der Waals surface area contributed by atoms with Crippen molar-refractivity contribution in [3.8, 4) is 11.4 Å². The van der Waals surface area contributed by atoms with Crippen molar-refractivity contribution < 1.29 is 9.32 Å². The van der Waals surface area contributed by atoms with Crippen molar-refractivity contribution in [3.63, 3.8) is 0 Å². The Hall–Kier alpha value is -2.86. The molecule has 0 unspecified atom stereocenters. The minimum Gasteiger partial charge on any atom is -0.324 e. The molecule has 0 atom stereocenters. The first-order valence-corrected chi connectivity index (χ1v) is 8.90. The van der Waals surface area contributed by atoms with E-state index in [1.165, 1.54) is 5.56 Å². The van der Waals surface area contributed by atoms with Gasteiger partial charge in [-0.15, -0.1) is 0 Å². The van der Waals surface area contributed by atoms with Gasteiger partial charge >= 0.3 is 6.01 Å². The van der Waals surface area contributed by atoms with E-state index in [0.717, 1.165) is 22.4 Å². The van der Waals surface area contributed by atoms with E-state index < -0.39 is 0 Å². The lowest BCUT2D eigenvalue weighted by molar-refractivity contribution is -0.115. The van der Waals surface area contributed by atoms with E-state index in [2.05, 4.69) is 15.5 Å². The van der Waals surface area contributed by atoms with Crippen LogP contribution in [0.25, 0.3) is 11.4 Å². The summed E-state index contributed by atoms with van der Waals surface area (Å²) in [6.07, 6.45) is 0. The first kappa shape index (κ1) is 18.9. The van der Waals surface area contributed by atoms with E-state index in [1.54, 1.807) is 24.1 Å². The van der Waals surface area contributed by atoms with Crippen molar-refractivity contribution in [1.29, 1.82) is 0 Å². The number of amides is 1. The molecule has 0 aliphatic carbocycles. The highest BCUT2D eigenvalue weighted by Gasteiger charge is 2.16. The zero-order valence-corrected chi connectivity index (χ0v) is 16.5. The van der Waals surface area contributed by atoms with Crippen LogP contribution in [0, 0.1) is 20.8 Å². The minimum atomic E-state index is -0.157. The SMILES string of the molecule is Cc1cc(C)c(NC(=O)CN(C)c2nc(-c3cccc(Cl)c3)no2)c(C)c1. The predicted octanol–water partition coefficient (Wildman–Crippen LogP) is 4.39. The number of hydrogen-bond donors (Lipinski definition) is 1. The molecule has 2 aromatic carbocycles. The van der Waals surface area contributed by atoms with Crippen molar-refractivity contribution in [3.05, 3.63) is 58.1 Å². The molecule has 0 saturated heterocycles. The van der Waals surface area contributed by atoms with E-state index >= 15 is 0 Å². The Morgan fingerprint density at radius 1 is 1.19 bits per heavy atom. The molecule has 1 amide bonds. The minimum absolute atomic E-state index is 0.0872. The van der Waals surface area contributed by atoms with Crippen LogP contribution >= 0.6 is 11.6 Å². The molecule has 0 saturated carbocycles. The standard InChI is InChI=1S/C20H21ClN4O2/c1-12-8-13(2)18(14(3)9-12)22-17(26)11-25(4)20-23-19(24-27-20)15-6-5-7-16(21)10-15/h5-10H,11H2,1-4H3,(H,22,26). The van der Waals surface area contributed by atoms with Gasteiger partial charge in [-0.2, -0.15) is 4.98 Å². The Balaban J connectivity index is 1.69. The summed E-state index contributed by atoms with van der Waals surface area (Å²) in [5.41, 5.74) is 4.82. The van der Waals surface area contributed by atoms with Crippen molar-refractivity contribution in [2.45, 2.75) is 20.8 Å². The third kappa shape index (κ3) is 4.46. The number of halogens is 1. The Kier molecular flexibility index (Phi) is 5.46. The summed E-state index contributed by atoms with van der Waals surface area (Å²) in [4.78, 5) is 18.4. The zero-order chi connectivity index (χ0) is 19.6. The quantitative estimate of drug-likeness (QED) is 0.706. The summed E-state index contributed by atoms with van der Waals surface area (Å²) in [5.74, 6) is 0.264. The summed E-state index contributed by atoms with van der Waals surface area (Å²) in [7, 11) is 1.73. The van der Waals surface area contributed by atoms with E-state index in [-0.39, 0.29) is 18.5 Å². The van der Waals surface area contributed by atoms with E-state index in [1.807, 2.05) is 45.0 Å². The average molecular weight is 385 g/mol. The number of nitrogens with zero attached hydrogens (tertiary/aromatic N) is 3. The molecule has 1 N–H and O–H groups in total. The van der Waals surface area contributed by atoms with E-state index in [4.69, 9.17) is 16.1 Å². The second-order valence-electron chi connectivity index (χ2n) is 6.59. The molecule has 7 heteroatoms. The molecule has 27 heavy (non-hydrogen) atoms. The molecule has 0 aliphatic heterocycles. The van der Waals surface area contributed by atoms with Gasteiger partial charge in [0.05, 0.1) is 0 Å². The summed E-state index contributed by atoms with van der Waals surface area (Å²) in [5, 5.41) is 7.52. The fourth-order valence-corrected chi connectivity index (χ4v) is 3.14. The second kappa shape index (κ2) is 7.80. The average Bonchev–Trinajstić information content (AvgIpc) is 3.08. The number of nitrogens with one attached hydrogen (secondary N) is 1. The van der Waals surface area contributed by atoms with Crippen LogP contribution in [0.4, 0.5) is 11.7 Å². The maximum atomic E-state index is 12.4. The number of benzene rings is 2. The van der Waals surface area contributed by atoms with Gasteiger partial charge in [0.25, 0.3) is 0 Å². The van der Waals surface area contributed by atoms with Crippen LogP contribution in [0.3, 0.4) is 0 Å². The van der Waals surface area contributed by atoms with Crippen LogP contribution in [-0.2, 0) is 4.79 Å². The lowest BCUT2D eigenvalue weighted by Crippen LogP contribution is -2.30. The van der Waals surface area contributed by atoms with Crippen LogP contribution in [0.15, 0.2) is 40.9 Å². The van der Waals surface area contributed by atoms with Gasteiger partial charge in [0.15, 0.2) is 0 Å². The van der Waals surface area contributed by atoms with Crippen LogP contribution in [0.2, 0.25) is 5.02 Å². The summed E-state index contributed by atoms with van der Waals surface area (Å²) >= 11 is 6.00. The van der Waals surface area contributed by atoms with E-state index in [9.17, 15) is 4.79 Å². The first-order valence-electron chi connectivity index (χ1n) is 8.52. The molecule has 140 valence electrons. The van der Waals surface area contributed by atoms with Crippen molar-refractivity contribution in [2.75, 3.05) is 23.8 Å². The molecule has 0 spiro atoms. The number of aryl methyl sites for hydroxylation is 3. The van der Waals surface area contributed by atoms with Gasteiger partial charge in [-0.3, -0.25) is 4.79 Å². The Bertz CT molecular complexity index is 961. The molecule has 3 rings (SSSR count). The monoisotopic (exact) mass is 384 g/mol. The number of likely N-dealkylation sites (N-methyl/N-ethyl adjacent to an activating group) is 1. The molecule has 0 aliphatic rings.